The van der Waals surface area contributed by atoms with Crippen molar-refractivity contribution >= 4 is 4.88 Å². The number of aliphatic hydroxyl groups is 2. The van der Waals surface area contributed by atoms with Crippen LogP contribution in [0, 0.1) is 0 Å². The Labute approximate surface area is 108 Å². The van der Waals surface area contributed by atoms with Crippen molar-refractivity contribution in [1.82, 2.24) is 0 Å². The van der Waals surface area contributed by atoms with Gasteiger partial charge in [-0.25, -0.2) is 0 Å². The Bertz CT molecular complexity index is 291. The third kappa shape index (κ3) is 7.16. The number of carbonyl (C=O) groups excluding carboxylic acids is 1. The predicted octanol–water partition coefficient (Wildman–Crippen LogP) is 1.70. The molecule has 3 nitrogen and oxygen atoms in total. The zero-order chi connectivity index (χ0) is 13.1. The van der Waals surface area contributed by atoms with Crippen LogP contribution in [0.4, 0.5) is 0 Å². The molecular weight excluding hydrogens is 305 g/mol. The van der Waals surface area contributed by atoms with E-state index in [0.29, 0.717) is 4.88 Å². The van der Waals surface area contributed by atoms with Gasteiger partial charge in [-0.15, -0.1) is 0 Å². The van der Waals surface area contributed by atoms with Crippen molar-refractivity contribution in [1.29, 1.82) is 0 Å². The second-order valence-electron chi connectivity index (χ2n) is 2.97. The van der Waals surface area contributed by atoms with E-state index in [2.05, 4.69) is 0 Å². The van der Waals surface area contributed by atoms with E-state index in [4.69, 9.17) is 0 Å². The van der Waals surface area contributed by atoms with Crippen LogP contribution in [0.15, 0.2) is 48.6 Å². The summed E-state index contributed by atoms with van der Waals surface area (Å²) in [5.74, 6) is 0. The molecule has 0 aliphatic heterocycles. The molecular formula is C13H19O3Ru. The van der Waals surface area contributed by atoms with E-state index in [-0.39, 0.29) is 0 Å². The van der Waals surface area contributed by atoms with Gasteiger partial charge in [0.1, 0.15) is 0 Å². The van der Waals surface area contributed by atoms with Crippen LogP contribution in [0.25, 0.3) is 0 Å². The minimum absolute atomic E-state index is 0.708. The van der Waals surface area contributed by atoms with Crippen molar-refractivity contribution < 1.29 is 31.0 Å². The first-order valence-electron chi connectivity index (χ1n) is 5.19. The molecule has 2 N–H and O–H groups in total. The molecule has 0 aliphatic rings. The fourth-order valence-corrected chi connectivity index (χ4v) is 3.16. The van der Waals surface area contributed by atoms with Gasteiger partial charge in [-0.05, 0) is 0 Å². The zero-order valence-electron chi connectivity index (χ0n) is 10.0. The summed E-state index contributed by atoms with van der Waals surface area (Å²) in [6, 6.07) is 0. The van der Waals surface area contributed by atoms with Crippen molar-refractivity contribution in [3.63, 3.8) is 0 Å². The molecule has 97 valence electrons. The van der Waals surface area contributed by atoms with E-state index < -0.39 is 25.3 Å². The topological polar surface area (TPSA) is 57.5 Å². The second kappa shape index (κ2) is 10.3. The molecule has 0 aromatic rings. The Morgan fingerprint density at radius 3 is 1.59 bits per heavy atom. The van der Waals surface area contributed by atoms with E-state index in [1.807, 2.05) is 26.0 Å². The monoisotopic (exact) mass is 325 g/mol. The van der Waals surface area contributed by atoms with Crippen LogP contribution in [-0.2, 0) is 20.7 Å². The van der Waals surface area contributed by atoms with E-state index in [0.717, 1.165) is 0 Å². The number of hydrogen-bond acceptors (Lipinski definition) is 3. The fraction of sp³-hybridized carbons (Fsp3) is 0.308. The van der Waals surface area contributed by atoms with E-state index in [1.165, 1.54) is 0 Å². The molecule has 2 atom stereocenters. The van der Waals surface area contributed by atoms with Crippen LogP contribution in [0.3, 0.4) is 0 Å². The maximum absolute atomic E-state index is 10.9. The Hall–Kier alpha value is -0.827. The summed E-state index contributed by atoms with van der Waals surface area (Å²) < 4.78 is -1.70. The van der Waals surface area contributed by atoms with Crippen LogP contribution in [-0.4, -0.2) is 24.5 Å². The number of rotatable bonds is 7. The summed E-state index contributed by atoms with van der Waals surface area (Å²) in [5.41, 5.74) is 0. The normalized spacial score (nSPS) is 17.3. The van der Waals surface area contributed by atoms with Gasteiger partial charge in [0.05, 0.1) is 0 Å². The number of aliphatic hydroxyl groups excluding tert-OH is 2. The van der Waals surface area contributed by atoms with Gasteiger partial charge in [0.2, 0.25) is 0 Å². The van der Waals surface area contributed by atoms with Gasteiger partial charge in [-0.3, -0.25) is 0 Å². The maximum atomic E-state index is 10.9. The predicted molar refractivity (Wildman–Crippen MR) is 66.7 cm³/mol. The van der Waals surface area contributed by atoms with Gasteiger partial charge in [0, 0.05) is 0 Å². The molecule has 0 saturated heterocycles. The molecule has 0 fully saturated rings. The zero-order valence-corrected chi connectivity index (χ0v) is 11.7. The second-order valence-corrected chi connectivity index (χ2v) is 7.18. The SMILES string of the molecule is CC=CC=C[CH](O)[Ru]([CH]=O)[CH](O)C=CC=CC. The summed E-state index contributed by atoms with van der Waals surface area (Å²) in [4.78, 5) is 11.6. The van der Waals surface area contributed by atoms with E-state index in [1.54, 1.807) is 36.5 Å². The molecule has 0 aliphatic carbocycles. The molecule has 2 unspecified atom stereocenters. The van der Waals surface area contributed by atoms with E-state index >= 15 is 0 Å². The summed E-state index contributed by atoms with van der Waals surface area (Å²) in [7, 11) is 0. The molecule has 17 heavy (non-hydrogen) atoms. The quantitative estimate of drug-likeness (QED) is 0.426. The molecule has 0 rings (SSSR count). The molecule has 0 aromatic heterocycles. The van der Waals surface area contributed by atoms with Crippen LogP contribution in [0.2, 0.25) is 0 Å². The molecule has 0 bridgehead atoms. The molecule has 0 aromatic carbocycles. The summed E-state index contributed by atoms with van der Waals surface area (Å²) in [6.45, 7) is 3.72. The fourth-order valence-electron chi connectivity index (χ4n) is 0.908. The first kappa shape index (κ1) is 16.2. The number of hydrogen-bond donors (Lipinski definition) is 2. The first-order valence-corrected chi connectivity index (χ1v) is 8.20. The molecule has 4 heteroatoms. The van der Waals surface area contributed by atoms with E-state index in [9.17, 15) is 15.0 Å². The van der Waals surface area contributed by atoms with Crippen molar-refractivity contribution in [3.05, 3.63) is 48.6 Å². The standard InChI is InChI=1S/2C6H9O.CHO.Ru/c2*1-2-3-4-5-6-7;1-2;/h2*2-7H,1H3;1H;. The Morgan fingerprint density at radius 1 is 0.882 bits per heavy atom. The van der Waals surface area contributed by atoms with Crippen LogP contribution >= 0.6 is 0 Å². The summed E-state index contributed by atoms with van der Waals surface area (Å²) in [6.07, 6.45) is 13.6. The first-order chi connectivity index (χ1) is 8.17. The molecule has 0 saturated carbocycles. The molecule has 0 spiro atoms. The Morgan fingerprint density at radius 2 is 1.29 bits per heavy atom. The average molecular weight is 324 g/mol. The van der Waals surface area contributed by atoms with Crippen LogP contribution < -0.4 is 0 Å². The Balaban J connectivity index is 4.53. The van der Waals surface area contributed by atoms with Gasteiger partial charge in [-0.1, -0.05) is 0 Å². The van der Waals surface area contributed by atoms with Gasteiger partial charge in [0.15, 0.2) is 0 Å². The van der Waals surface area contributed by atoms with Crippen molar-refractivity contribution in [2.24, 2.45) is 0 Å². The molecule has 0 amide bonds. The van der Waals surface area contributed by atoms with Crippen molar-refractivity contribution in [2.45, 2.75) is 23.2 Å². The number of carbonyl (C=O) groups is 1. The van der Waals surface area contributed by atoms with Gasteiger partial charge in [0.25, 0.3) is 0 Å². The van der Waals surface area contributed by atoms with Crippen LogP contribution in [0.1, 0.15) is 13.8 Å². The summed E-state index contributed by atoms with van der Waals surface area (Å²) in [5, 5.41) is 19.5. The number of allylic oxidation sites excluding steroid dienone is 6. The third-order valence-corrected chi connectivity index (χ3v) is 5.23. The van der Waals surface area contributed by atoms with Crippen molar-refractivity contribution in [2.75, 3.05) is 0 Å². The minimum atomic E-state index is -2.34. The van der Waals surface area contributed by atoms with Gasteiger partial charge in [-0.2, -0.15) is 0 Å². The third-order valence-electron chi connectivity index (χ3n) is 1.72. The van der Waals surface area contributed by atoms with Gasteiger partial charge < -0.3 is 0 Å². The van der Waals surface area contributed by atoms with Crippen molar-refractivity contribution in [3.8, 4) is 0 Å². The molecule has 0 radical (unpaired) electrons. The Kier molecular flexibility index (Phi) is 9.83. The van der Waals surface area contributed by atoms with Gasteiger partial charge >= 0.3 is 108 Å². The molecule has 0 heterocycles. The van der Waals surface area contributed by atoms with Crippen LogP contribution in [0.5, 0.6) is 0 Å². The average Bonchev–Trinajstić information content (AvgIpc) is 2.30. The summed E-state index contributed by atoms with van der Waals surface area (Å²) >= 11 is -2.34.